The highest BCUT2D eigenvalue weighted by Crippen LogP contribution is 2.19. The Morgan fingerprint density at radius 1 is 1.42 bits per heavy atom. The van der Waals surface area contributed by atoms with E-state index in [2.05, 4.69) is 27.1 Å². The van der Waals surface area contributed by atoms with Crippen LogP contribution in [0.2, 0.25) is 0 Å². The lowest BCUT2D eigenvalue weighted by molar-refractivity contribution is 0.325. The summed E-state index contributed by atoms with van der Waals surface area (Å²) in [5.41, 5.74) is 0. The van der Waals surface area contributed by atoms with Crippen molar-refractivity contribution in [3.63, 3.8) is 0 Å². The fraction of sp³-hybridized carbons (Fsp3) is 0.714. The lowest BCUT2D eigenvalue weighted by Crippen LogP contribution is -2.38. The van der Waals surface area contributed by atoms with Crippen molar-refractivity contribution >= 4 is 5.82 Å². The molecule has 1 unspecified atom stereocenters. The Balaban J connectivity index is 2.11. The number of aryl methyl sites for hydroxylation is 1. The van der Waals surface area contributed by atoms with Gasteiger partial charge in [0, 0.05) is 25.2 Å². The summed E-state index contributed by atoms with van der Waals surface area (Å²) in [6.07, 6.45) is 2.52. The summed E-state index contributed by atoms with van der Waals surface area (Å²) in [5, 5.41) is 3.53. The van der Waals surface area contributed by atoms with Gasteiger partial charge in [-0.25, -0.2) is 4.98 Å². The molecule has 2 rings (SSSR count). The van der Waals surface area contributed by atoms with E-state index in [-0.39, 0.29) is 0 Å². The van der Waals surface area contributed by atoms with Gasteiger partial charge < -0.3 is 15.0 Å². The molecule has 1 fully saturated rings. The molecule has 5 nitrogen and oxygen atoms in total. The maximum atomic E-state index is 5.50. The molecule has 0 saturated carbocycles. The van der Waals surface area contributed by atoms with Gasteiger partial charge in [-0.05, 0) is 40.2 Å². The molecule has 0 amide bonds. The fourth-order valence-electron chi connectivity index (χ4n) is 2.47. The van der Waals surface area contributed by atoms with Crippen molar-refractivity contribution in [2.24, 2.45) is 0 Å². The molecule has 0 bridgehead atoms. The Hall–Kier alpha value is -1.36. The summed E-state index contributed by atoms with van der Waals surface area (Å²) < 4.78 is 5.50. The maximum absolute atomic E-state index is 5.50. The van der Waals surface area contributed by atoms with Gasteiger partial charge in [0.15, 0.2) is 0 Å². The van der Waals surface area contributed by atoms with Crippen molar-refractivity contribution in [1.82, 2.24) is 15.3 Å². The normalized spacial score (nSPS) is 18.6. The first kappa shape index (κ1) is 14.1. The van der Waals surface area contributed by atoms with Gasteiger partial charge in [-0.15, -0.1) is 0 Å². The zero-order valence-electron chi connectivity index (χ0n) is 12.1. The number of nitrogens with zero attached hydrogens (tertiary/aromatic N) is 3. The summed E-state index contributed by atoms with van der Waals surface area (Å²) in [4.78, 5) is 11.1. The molecule has 0 radical (unpaired) electrons. The second-order valence-electron chi connectivity index (χ2n) is 4.88. The van der Waals surface area contributed by atoms with Gasteiger partial charge in [-0.2, -0.15) is 4.98 Å². The highest BCUT2D eigenvalue weighted by molar-refractivity contribution is 5.42. The summed E-state index contributed by atoms with van der Waals surface area (Å²) in [7, 11) is 0. The Labute approximate surface area is 115 Å². The number of rotatable bonds is 6. The standard InChI is InChI=1S/C14H24N4O/c1-4-18(10-12-7-6-8-15-12)13-9-14(19-5-2)17-11(3)16-13/h9,12,15H,4-8,10H2,1-3H3. The van der Waals surface area contributed by atoms with E-state index < -0.39 is 0 Å². The minimum atomic E-state index is 0.575. The van der Waals surface area contributed by atoms with Crippen molar-refractivity contribution in [3.05, 3.63) is 11.9 Å². The molecule has 1 atom stereocenters. The van der Waals surface area contributed by atoms with Crippen molar-refractivity contribution in [2.45, 2.75) is 39.7 Å². The predicted octanol–water partition coefficient (Wildman–Crippen LogP) is 1.76. The summed E-state index contributed by atoms with van der Waals surface area (Å²) in [6, 6.07) is 2.51. The average molecular weight is 264 g/mol. The molecule has 106 valence electrons. The molecule has 19 heavy (non-hydrogen) atoms. The SMILES string of the molecule is CCOc1cc(N(CC)CC2CCCN2)nc(C)n1. The van der Waals surface area contributed by atoms with Crippen LogP contribution in [0.15, 0.2) is 6.07 Å². The van der Waals surface area contributed by atoms with E-state index in [1.807, 2.05) is 19.9 Å². The molecule has 2 heterocycles. The Morgan fingerprint density at radius 3 is 2.89 bits per heavy atom. The largest absolute Gasteiger partial charge is 0.478 e. The summed E-state index contributed by atoms with van der Waals surface area (Å²) in [5.74, 6) is 2.40. The van der Waals surface area contributed by atoms with Gasteiger partial charge in [0.05, 0.1) is 6.61 Å². The minimum Gasteiger partial charge on any atom is -0.478 e. The molecule has 1 saturated heterocycles. The van der Waals surface area contributed by atoms with Crippen LogP contribution in [-0.2, 0) is 0 Å². The molecule has 1 aromatic rings. The first-order valence-corrected chi connectivity index (χ1v) is 7.19. The molecule has 5 heteroatoms. The zero-order valence-corrected chi connectivity index (χ0v) is 12.1. The number of aromatic nitrogens is 2. The number of likely N-dealkylation sites (N-methyl/N-ethyl adjacent to an activating group) is 1. The van der Waals surface area contributed by atoms with Crippen LogP contribution in [0.5, 0.6) is 5.88 Å². The molecular weight excluding hydrogens is 240 g/mol. The predicted molar refractivity (Wildman–Crippen MR) is 76.8 cm³/mol. The molecule has 1 N–H and O–H groups in total. The van der Waals surface area contributed by atoms with E-state index in [1.165, 1.54) is 12.8 Å². The lowest BCUT2D eigenvalue weighted by atomic mass is 10.2. The number of nitrogens with one attached hydrogen (secondary N) is 1. The van der Waals surface area contributed by atoms with E-state index in [1.54, 1.807) is 0 Å². The van der Waals surface area contributed by atoms with E-state index in [9.17, 15) is 0 Å². The number of anilines is 1. The molecule has 0 aromatic carbocycles. The van der Waals surface area contributed by atoms with Gasteiger partial charge in [0.1, 0.15) is 11.6 Å². The molecule has 1 aliphatic heterocycles. The van der Waals surface area contributed by atoms with Crippen molar-refractivity contribution in [2.75, 3.05) is 31.1 Å². The topological polar surface area (TPSA) is 50.3 Å². The zero-order chi connectivity index (χ0) is 13.7. The van der Waals surface area contributed by atoms with Crippen LogP contribution < -0.4 is 15.0 Å². The van der Waals surface area contributed by atoms with E-state index in [0.29, 0.717) is 18.5 Å². The van der Waals surface area contributed by atoms with E-state index in [0.717, 1.165) is 31.3 Å². The Kier molecular flexibility index (Phi) is 4.96. The fourth-order valence-corrected chi connectivity index (χ4v) is 2.47. The van der Waals surface area contributed by atoms with Crippen LogP contribution in [-0.4, -0.2) is 42.3 Å². The third-order valence-electron chi connectivity index (χ3n) is 3.40. The second kappa shape index (κ2) is 6.70. The van der Waals surface area contributed by atoms with Crippen molar-refractivity contribution < 1.29 is 4.74 Å². The highest BCUT2D eigenvalue weighted by Gasteiger charge is 2.18. The number of hydrogen-bond acceptors (Lipinski definition) is 5. The Bertz CT molecular complexity index is 404. The molecule has 1 aromatic heterocycles. The number of hydrogen-bond donors (Lipinski definition) is 1. The smallest absolute Gasteiger partial charge is 0.218 e. The van der Waals surface area contributed by atoms with Crippen LogP contribution in [0.3, 0.4) is 0 Å². The number of ether oxygens (including phenoxy) is 1. The van der Waals surface area contributed by atoms with Gasteiger partial charge in [0.25, 0.3) is 0 Å². The average Bonchev–Trinajstić information content (AvgIpc) is 2.88. The van der Waals surface area contributed by atoms with Gasteiger partial charge in [-0.3, -0.25) is 0 Å². The van der Waals surface area contributed by atoms with Crippen LogP contribution in [0, 0.1) is 6.92 Å². The molecule has 1 aliphatic rings. The van der Waals surface area contributed by atoms with Crippen molar-refractivity contribution in [1.29, 1.82) is 0 Å². The van der Waals surface area contributed by atoms with Crippen LogP contribution in [0.25, 0.3) is 0 Å². The molecular formula is C14H24N4O. The molecule has 0 spiro atoms. The monoisotopic (exact) mass is 264 g/mol. The second-order valence-corrected chi connectivity index (χ2v) is 4.88. The maximum Gasteiger partial charge on any atom is 0.218 e. The summed E-state index contributed by atoms with van der Waals surface area (Å²) >= 11 is 0. The first-order valence-electron chi connectivity index (χ1n) is 7.19. The molecule has 0 aliphatic carbocycles. The highest BCUT2D eigenvalue weighted by atomic mass is 16.5. The van der Waals surface area contributed by atoms with Gasteiger partial charge in [0.2, 0.25) is 5.88 Å². The van der Waals surface area contributed by atoms with Crippen LogP contribution in [0.4, 0.5) is 5.82 Å². The summed E-state index contributed by atoms with van der Waals surface area (Å²) in [6.45, 7) is 9.75. The van der Waals surface area contributed by atoms with Gasteiger partial charge in [-0.1, -0.05) is 0 Å². The van der Waals surface area contributed by atoms with Gasteiger partial charge >= 0.3 is 0 Å². The third-order valence-corrected chi connectivity index (χ3v) is 3.40. The first-order chi connectivity index (χ1) is 9.22. The lowest BCUT2D eigenvalue weighted by Gasteiger charge is -2.25. The minimum absolute atomic E-state index is 0.575. The third kappa shape index (κ3) is 3.80. The Morgan fingerprint density at radius 2 is 2.26 bits per heavy atom. The quantitative estimate of drug-likeness (QED) is 0.848. The van der Waals surface area contributed by atoms with E-state index in [4.69, 9.17) is 4.74 Å². The van der Waals surface area contributed by atoms with Crippen LogP contribution >= 0.6 is 0 Å². The van der Waals surface area contributed by atoms with Crippen LogP contribution in [0.1, 0.15) is 32.5 Å². The van der Waals surface area contributed by atoms with E-state index >= 15 is 0 Å². The van der Waals surface area contributed by atoms with Crippen molar-refractivity contribution in [3.8, 4) is 5.88 Å².